The molecule has 0 fully saturated rings. The fraction of sp³-hybridized carbons (Fsp3) is 0.250. The minimum atomic E-state index is -0.922. The fourth-order valence-electron chi connectivity index (χ4n) is 1.79. The predicted octanol–water partition coefficient (Wildman–Crippen LogP) is 1.88. The molecule has 1 heterocycles. The summed E-state index contributed by atoms with van der Waals surface area (Å²) in [4.78, 5) is 11.3. The lowest BCUT2D eigenvalue weighted by molar-refractivity contribution is -0.138. The average Bonchev–Trinajstić information content (AvgIpc) is 2.73. The van der Waals surface area contributed by atoms with E-state index < -0.39 is 11.9 Å². The Balaban J connectivity index is 2.30. The van der Waals surface area contributed by atoms with Gasteiger partial charge in [-0.2, -0.15) is 0 Å². The van der Waals surface area contributed by atoms with Crippen LogP contribution in [0.5, 0.6) is 0 Å². The van der Waals surface area contributed by atoms with Crippen LogP contribution in [0.2, 0.25) is 5.02 Å². The molecule has 0 aliphatic carbocycles. The molecule has 0 spiro atoms. The third-order valence-corrected chi connectivity index (χ3v) is 2.99. The summed E-state index contributed by atoms with van der Waals surface area (Å²) < 4.78 is 1.54. The van der Waals surface area contributed by atoms with Crippen LogP contribution in [0.15, 0.2) is 30.5 Å². The van der Waals surface area contributed by atoms with Crippen molar-refractivity contribution in [2.45, 2.75) is 12.3 Å². The molecule has 6 heteroatoms. The van der Waals surface area contributed by atoms with Crippen LogP contribution >= 0.6 is 11.6 Å². The molecule has 1 aromatic heterocycles. The number of rotatable bonds is 4. The molecule has 0 saturated heterocycles. The van der Waals surface area contributed by atoms with Crippen LogP contribution in [0.4, 0.5) is 0 Å². The molecule has 0 aliphatic rings. The van der Waals surface area contributed by atoms with Crippen molar-refractivity contribution in [2.75, 3.05) is 0 Å². The number of aryl methyl sites for hydroxylation is 1. The Kier molecular flexibility index (Phi) is 3.62. The summed E-state index contributed by atoms with van der Waals surface area (Å²) >= 11 is 6.03. The third-order valence-electron chi connectivity index (χ3n) is 2.64. The van der Waals surface area contributed by atoms with Gasteiger partial charge in [0.2, 0.25) is 0 Å². The van der Waals surface area contributed by atoms with Gasteiger partial charge < -0.3 is 5.11 Å². The standard InChI is InChI=1S/C12H12ClN3O2/c1-16-7-8(14-15-16)6-10(12(17)18)9-4-2-3-5-11(9)13/h2-5,7,10H,6H2,1H3,(H,17,18). The highest BCUT2D eigenvalue weighted by Crippen LogP contribution is 2.27. The third kappa shape index (κ3) is 2.68. The molecule has 0 radical (unpaired) electrons. The second-order valence-corrected chi connectivity index (χ2v) is 4.41. The number of carbonyl (C=O) groups is 1. The van der Waals surface area contributed by atoms with E-state index >= 15 is 0 Å². The summed E-state index contributed by atoms with van der Waals surface area (Å²) in [5.74, 6) is -1.64. The second-order valence-electron chi connectivity index (χ2n) is 4.00. The highest BCUT2D eigenvalue weighted by atomic mass is 35.5. The zero-order valence-corrected chi connectivity index (χ0v) is 10.5. The summed E-state index contributed by atoms with van der Waals surface area (Å²) in [5, 5.41) is 17.4. The number of halogens is 1. The SMILES string of the molecule is Cn1cc(CC(C(=O)O)c2ccccc2Cl)nn1. The van der Waals surface area contributed by atoms with Crippen molar-refractivity contribution in [3.8, 4) is 0 Å². The van der Waals surface area contributed by atoms with Gasteiger partial charge in [-0.3, -0.25) is 9.48 Å². The average molecular weight is 266 g/mol. The first-order chi connectivity index (χ1) is 8.58. The topological polar surface area (TPSA) is 68.0 Å². The van der Waals surface area contributed by atoms with Gasteiger partial charge in [-0.1, -0.05) is 35.0 Å². The van der Waals surface area contributed by atoms with E-state index in [4.69, 9.17) is 11.6 Å². The van der Waals surface area contributed by atoms with Crippen molar-refractivity contribution >= 4 is 17.6 Å². The van der Waals surface area contributed by atoms with Crippen molar-refractivity contribution in [1.82, 2.24) is 15.0 Å². The van der Waals surface area contributed by atoms with Gasteiger partial charge in [0.25, 0.3) is 0 Å². The fourth-order valence-corrected chi connectivity index (χ4v) is 2.05. The van der Waals surface area contributed by atoms with E-state index in [-0.39, 0.29) is 6.42 Å². The van der Waals surface area contributed by atoms with Gasteiger partial charge in [0.1, 0.15) is 0 Å². The highest BCUT2D eigenvalue weighted by molar-refractivity contribution is 6.31. The van der Waals surface area contributed by atoms with E-state index in [1.807, 2.05) is 0 Å². The van der Waals surface area contributed by atoms with Crippen LogP contribution in [0.25, 0.3) is 0 Å². The summed E-state index contributed by atoms with van der Waals surface area (Å²) in [6, 6.07) is 6.95. The zero-order chi connectivity index (χ0) is 13.1. The van der Waals surface area contributed by atoms with Crippen molar-refractivity contribution in [1.29, 1.82) is 0 Å². The Morgan fingerprint density at radius 1 is 1.50 bits per heavy atom. The van der Waals surface area contributed by atoms with Crippen molar-refractivity contribution < 1.29 is 9.90 Å². The normalized spacial score (nSPS) is 12.3. The molecule has 1 N–H and O–H groups in total. The van der Waals surface area contributed by atoms with Gasteiger partial charge >= 0.3 is 5.97 Å². The largest absolute Gasteiger partial charge is 0.481 e. The number of aromatic nitrogens is 3. The van der Waals surface area contributed by atoms with Gasteiger partial charge in [-0.15, -0.1) is 5.10 Å². The lowest BCUT2D eigenvalue weighted by Crippen LogP contribution is -2.15. The zero-order valence-electron chi connectivity index (χ0n) is 9.75. The number of hydrogen-bond donors (Lipinski definition) is 1. The number of hydrogen-bond acceptors (Lipinski definition) is 3. The summed E-state index contributed by atoms with van der Waals surface area (Å²) in [7, 11) is 1.74. The van der Waals surface area contributed by atoms with Gasteiger partial charge in [-0.05, 0) is 11.6 Å². The van der Waals surface area contributed by atoms with E-state index in [1.54, 1.807) is 42.2 Å². The molecule has 1 aromatic carbocycles. The monoisotopic (exact) mass is 265 g/mol. The summed E-state index contributed by atoms with van der Waals surface area (Å²) in [6.07, 6.45) is 1.97. The van der Waals surface area contributed by atoms with Gasteiger partial charge in [0, 0.05) is 24.7 Å². The number of benzene rings is 1. The molecule has 0 amide bonds. The van der Waals surface area contributed by atoms with Crippen molar-refractivity contribution in [3.05, 3.63) is 46.7 Å². The van der Waals surface area contributed by atoms with Crippen LogP contribution in [0, 0.1) is 0 Å². The molecule has 0 aliphatic heterocycles. The number of aliphatic carboxylic acids is 1. The molecule has 2 rings (SSSR count). The molecule has 5 nitrogen and oxygen atoms in total. The first-order valence-electron chi connectivity index (χ1n) is 5.40. The molecule has 1 atom stereocenters. The van der Waals surface area contributed by atoms with Gasteiger partial charge in [0.05, 0.1) is 11.6 Å². The van der Waals surface area contributed by atoms with E-state index in [0.717, 1.165) is 0 Å². The van der Waals surface area contributed by atoms with Crippen LogP contribution in [-0.2, 0) is 18.3 Å². The number of carboxylic acid groups (broad SMARTS) is 1. The van der Waals surface area contributed by atoms with Crippen LogP contribution in [0.1, 0.15) is 17.2 Å². The second kappa shape index (κ2) is 5.18. The van der Waals surface area contributed by atoms with E-state index in [1.165, 1.54) is 0 Å². The predicted molar refractivity (Wildman–Crippen MR) is 66.5 cm³/mol. The van der Waals surface area contributed by atoms with Crippen LogP contribution in [-0.4, -0.2) is 26.1 Å². The molecular weight excluding hydrogens is 254 g/mol. The van der Waals surface area contributed by atoms with Gasteiger partial charge in [0.15, 0.2) is 0 Å². The smallest absolute Gasteiger partial charge is 0.311 e. The Morgan fingerprint density at radius 2 is 2.22 bits per heavy atom. The first kappa shape index (κ1) is 12.6. The minimum Gasteiger partial charge on any atom is -0.481 e. The Bertz CT molecular complexity index is 568. The molecule has 0 saturated carbocycles. The maximum atomic E-state index is 11.3. The summed E-state index contributed by atoms with van der Waals surface area (Å²) in [5.41, 5.74) is 1.22. The molecule has 1 unspecified atom stereocenters. The Hall–Kier alpha value is -1.88. The van der Waals surface area contributed by atoms with Gasteiger partial charge in [-0.25, -0.2) is 0 Å². The minimum absolute atomic E-state index is 0.271. The molecule has 94 valence electrons. The molecule has 2 aromatic rings. The van der Waals surface area contributed by atoms with Crippen LogP contribution < -0.4 is 0 Å². The number of carboxylic acids is 1. The first-order valence-corrected chi connectivity index (χ1v) is 5.78. The van der Waals surface area contributed by atoms with E-state index in [2.05, 4.69) is 10.3 Å². The maximum absolute atomic E-state index is 11.3. The van der Waals surface area contributed by atoms with Crippen LogP contribution in [0.3, 0.4) is 0 Å². The summed E-state index contributed by atoms with van der Waals surface area (Å²) in [6.45, 7) is 0. The lowest BCUT2D eigenvalue weighted by atomic mass is 9.94. The highest BCUT2D eigenvalue weighted by Gasteiger charge is 2.23. The lowest BCUT2D eigenvalue weighted by Gasteiger charge is -2.12. The van der Waals surface area contributed by atoms with E-state index in [0.29, 0.717) is 16.3 Å². The van der Waals surface area contributed by atoms with Crippen molar-refractivity contribution in [2.24, 2.45) is 7.05 Å². The quantitative estimate of drug-likeness (QED) is 0.916. The molecule has 0 bridgehead atoms. The maximum Gasteiger partial charge on any atom is 0.311 e. The van der Waals surface area contributed by atoms with E-state index in [9.17, 15) is 9.90 Å². The Morgan fingerprint density at radius 3 is 2.78 bits per heavy atom. The molecular formula is C12H12ClN3O2. The van der Waals surface area contributed by atoms with Crippen molar-refractivity contribution in [3.63, 3.8) is 0 Å². The Labute approximate surface area is 109 Å². The molecule has 18 heavy (non-hydrogen) atoms. The number of nitrogens with zero attached hydrogens (tertiary/aromatic N) is 3.